The first-order chi connectivity index (χ1) is 6.96. The van der Waals surface area contributed by atoms with Gasteiger partial charge in [0, 0.05) is 7.11 Å². The Morgan fingerprint density at radius 1 is 1.33 bits per heavy atom. The normalized spacial score (nSPS) is 13.9. The molecule has 1 unspecified atom stereocenters. The van der Waals surface area contributed by atoms with E-state index in [0.717, 1.165) is 0 Å². The quantitative estimate of drug-likeness (QED) is 0.847. The maximum absolute atomic E-state index is 12.3. The van der Waals surface area contributed by atoms with Crippen LogP contribution < -0.4 is 0 Å². The van der Waals surface area contributed by atoms with Crippen LogP contribution in [0.2, 0.25) is 0 Å². The molecule has 0 saturated heterocycles. The summed E-state index contributed by atoms with van der Waals surface area (Å²) in [5, 5.41) is 9.08. The van der Waals surface area contributed by atoms with Gasteiger partial charge in [-0.2, -0.15) is 13.2 Å². The van der Waals surface area contributed by atoms with Crippen molar-refractivity contribution in [2.45, 2.75) is 18.9 Å². The van der Waals surface area contributed by atoms with Crippen molar-refractivity contribution in [1.82, 2.24) is 0 Å². The minimum absolute atomic E-state index is 0.0450. The molecule has 0 aliphatic carbocycles. The molecular formula is C10H11F3O2. The summed E-state index contributed by atoms with van der Waals surface area (Å²) in [7, 11) is 1.39. The lowest BCUT2D eigenvalue weighted by atomic mass is 10.0. The zero-order valence-electron chi connectivity index (χ0n) is 8.08. The highest BCUT2D eigenvalue weighted by molar-refractivity contribution is 5.29. The topological polar surface area (TPSA) is 29.5 Å². The number of aliphatic hydroxyl groups is 1. The predicted octanol–water partition coefficient (Wildman–Crippen LogP) is 2.43. The Hall–Kier alpha value is -1.07. The monoisotopic (exact) mass is 220 g/mol. The molecule has 84 valence electrons. The van der Waals surface area contributed by atoms with E-state index in [1.54, 1.807) is 6.07 Å². The molecule has 1 rings (SSSR count). The summed E-state index contributed by atoms with van der Waals surface area (Å²) in [5.74, 6) is 0. The van der Waals surface area contributed by atoms with Crippen molar-refractivity contribution in [3.8, 4) is 0 Å². The molecular weight excluding hydrogens is 209 g/mol. The number of rotatable bonds is 3. The molecule has 0 spiro atoms. The number of ether oxygens (including phenoxy) is 1. The van der Waals surface area contributed by atoms with E-state index in [9.17, 15) is 13.2 Å². The summed E-state index contributed by atoms with van der Waals surface area (Å²) < 4.78 is 41.5. The number of alkyl halides is 3. The molecule has 5 heteroatoms. The van der Waals surface area contributed by atoms with Crippen LogP contribution in [0.4, 0.5) is 13.2 Å². The molecule has 0 aliphatic heterocycles. The smallest absolute Gasteiger partial charge is 0.380 e. The van der Waals surface area contributed by atoms with E-state index in [1.807, 2.05) is 0 Å². The van der Waals surface area contributed by atoms with E-state index in [2.05, 4.69) is 0 Å². The van der Waals surface area contributed by atoms with Gasteiger partial charge in [-0.25, -0.2) is 0 Å². The Labute approximate surface area is 85.3 Å². The molecule has 2 nitrogen and oxygen atoms in total. The van der Waals surface area contributed by atoms with E-state index >= 15 is 0 Å². The van der Waals surface area contributed by atoms with Crippen LogP contribution in [0.5, 0.6) is 0 Å². The lowest BCUT2D eigenvalue weighted by Crippen LogP contribution is -2.21. The van der Waals surface area contributed by atoms with Crippen LogP contribution in [-0.4, -0.2) is 18.4 Å². The SMILES string of the molecule is COCc1ccccc1C(O)C(F)(F)F. The van der Waals surface area contributed by atoms with Gasteiger partial charge in [0.1, 0.15) is 0 Å². The van der Waals surface area contributed by atoms with E-state index in [4.69, 9.17) is 9.84 Å². The standard InChI is InChI=1S/C10H11F3O2/c1-15-6-7-4-2-3-5-8(7)9(14)10(11,12)13/h2-5,9,14H,6H2,1H3. The average molecular weight is 220 g/mol. The second-order valence-corrected chi connectivity index (χ2v) is 3.08. The molecule has 1 N–H and O–H groups in total. The fourth-order valence-electron chi connectivity index (χ4n) is 1.26. The van der Waals surface area contributed by atoms with Crippen molar-refractivity contribution in [1.29, 1.82) is 0 Å². The van der Waals surface area contributed by atoms with Crippen LogP contribution in [0.25, 0.3) is 0 Å². The number of aliphatic hydroxyl groups excluding tert-OH is 1. The number of hydrogen-bond acceptors (Lipinski definition) is 2. The second kappa shape index (κ2) is 4.63. The summed E-state index contributed by atoms with van der Waals surface area (Å²) in [6.45, 7) is 0.0450. The van der Waals surface area contributed by atoms with Gasteiger partial charge in [0.2, 0.25) is 0 Å². The molecule has 15 heavy (non-hydrogen) atoms. The van der Waals surface area contributed by atoms with E-state index in [-0.39, 0.29) is 12.2 Å². The van der Waals surface area contributed by atoms with Crippen molar-refractivity contribution in [3.05, 3.63) is 35.4 Å². The molecule has 1 aromatic rings. The first kappa shape index (κ1) is 12.0. The number of benzene rings is 1. The van der Waals surface area contributed by atoms with Gasteiger partial charge >= 0.3 is 6.18 Å². The zero-order chi connectivity index (χ0) is 11.5. The van der Waals surface area contributed by atoms with Gasteiger partial charge in [-0.15, -0.1) is 0 Å². The molecule has 1 aromatic carbocycles. The third kappa shape index (κ3) is 2.94. The Balaban J connectivity index is 3.02. The number of halogens is 3. The third-order valence-electron chi connectivity index (χ3n) is 1.96. The molecule has 0 fully saturated rings. The van der Waals surface area contributed by atoms with Crippen LogP contribution in [0.1, 0.15) is 17.2 Å². The minimum atomic E-state index is -4.65. The van der Waals surface area contributed by atoms with Crippen molar-refractivity contribution >= 4 is 0 Å². The summed E-state index contributed by atoms with van der Waals surface area (Å²) in [4.78, 5) is 0. The van der Waals surface area contributed by atoms with Gasteiger partial charge in [-0.1, -0.05) is 24.3 Å². The molecule has 0 radical (unpaired) electrons. The molecule has 0 amide bonds. The first-order valence-electron chi connectivity index (χ1n) is 4.28. The van der Waals surface area contributed by atoms with Gasteiger partial charge in [0.05, 0.1) is 6.61 Å². The highest BCUT2D eigenvalue weighted by Gasteiger charge is 2.40. The fraction of sp³-hybridized carbons (Fsp3) is 0.400. The van der Waals surface area contributed by atoms with E-state index in [0.29, 0.717) is 5.56 Å². The molecule has 0 saturated carbocycles. The van der Waals surface area contributed by atoms with Crippen LogP contribution in [0.3, 0.4) is 0 Å². The van der Waals surface area contributed by atoms with Crippen LogP contribution in [0.15, 0.2) is 24.3 Å². The average Bonchev–Trinajstić information content (AvgIpc) is 2.17. The van der Waals surface area contributed by atoms with Gasteiger partial charge in [-0.3, -0.25) is 0 Å². The molecule has 0 bridgehead atoms. The highest BCUT2D eigenvalue weighted by Crippen LogP contribution is 2.34. The second-order valence-electron chi connectivity index (χ2n) is 3.08. The maximum atomic E-state index is 12.3. The molecule has 0 heterocycles. The minimum Gasteiger partial charge on any atom is -0.380 e. The largest absolute Gasteiger partial charge is 0.418 e. The van der Waals surface area contributed by atoms with Crippen molar-refractivity contribution in [2.75, 3.05) is 7.11 Å². The highest BCUT2D eigenvalue weighted by atomic mass is 19.4. The van der Waals surface area contributed by atoms with Crippen LogP contribution in [0, 0.1) is 0 Å². The van der Waals surface area contributed by atoms with Crippen molar-refractivity contribution in [2.24, 2.45) is 0 Å². The molecule has 0 aliphatic rings. The first-order valence-corrected chi connectivity index (χ1v) is 4.28. The van der Waals surface area contributed by atoms with Gasteiger partial charge in [-0.05, 0) is 11.1 Å². The van der Waals surface area contributed by atoms with Gasteiger partial charge in [0.25, 0.3) is 0 Å². The van der Waals surface area contributed by atoms with E-state index in [1.165, 1.54) is 25.3 Å². The summed E-state index contributed by atoms with van der Waals surface area (Å²) >= 11 is 0. The Kier molecular flexibility index (Phi) is 3.71. The Bertz CT molecular complexity index is 323. The maximum Gasteiger partial charge on any atom is 0.418 e. The summed E-state index contributed by atoms with van der Waals surface area (Å²) in [6, 6.07) is 5.78. The van der Waals surface area contributed by atoms with Gasteiger partial charge in [0.15, 0.2) is 6.10 Å². The van der Waals surface area contributed by atoms with Crippen molar-refractivity contribution < 1.29 is 23.0 Å². The van der Waals surface area contributed by atoms with E-state index < -0.39 is 12.3 Å². The summed E-state index contributed by atoms with van der Waals surface area (Å²) in [5.41, 5.74) is 0.177. The number of methoxy groups -OCH3 is 1. The predicted molar refractivity (Wildman–Crippen MR) is 48.2 cm³/mol. The van der Waals surface area contributed by atoms with Crippen molar-refractivity contribution in [3.63, 3.8) is 0 Å². The van der Waals surface area contributed by atoms with Crippen LogP contribution in [-0.2, 0) is 11.3 Å². The fourth-order valence-corrected chi connectivity index (χ4v) is 1.26. The molecule has 1 atom stereocenters. The Morgan fingerprint density at radius 2 is 1.93 bits per heavy atom. The summed E-state index contributed by atoms with van der Waals surface area (Å²) in [6.07, 6.45) is -7.10. The Morgan fingerprint density at radius 3 is 2.47 bits per heavy atom. The van der Waals surface area contributed by atoms with Gasteiger partial charge < -0.3 is 9.84 Å². The lowest BCUT2D eigenvalue weighted by molar-refractivity contribution is -0.207. The van der Waals surface area contributed by atoms with Crippen LogP contribution >= 0.6 is 0 Å². The molecule has 0 aromatic heterocycles. The zero-order valence-corrected chi connectivity index (χ0v) is 8.08. The third-order valence-corrected chi connectivity index (χ3v) is 1.96. The number of hydrogen-bond donors (Lipinski definition) is 1. The lowest BCUT2D eigenvalue weighted by Gasteiger charge is -2.17.